The summed E-state index contributed by atoms with van der Waals surface area (Å²) in [6, 6.07) is 14.8. The molecule has 2 amide bonds. The summed E-state index contributed by atoms with van der Waals surface area (Å²) in [5, 5.41) is 5.80. The summed E-state index contributed by atoms with van der Waals surface area (Å²) in [7, 11) is 1.60. The van der Waals surface area contributed by atoms with Gasteiger partial charge in [-0.2, -0.15) is 0 Å². The maximum Gasteiger partial charge on any atom is 0.251 e. The zero-order valence-corrected chi connectivity index (χ0v) is 13.9. The fraction of sp³-hybridized carbons (Fsp3) is 0.263. The fourth-order valence-electron chi connectivity index (χ4n) is 3.01. The van der Waals surface area contributed by atoms with Gasteiger partial charge in [-0.3, -0.25) is 9.59 Å². The number of hydrogen-bond acceptors (Lipinski definition) is 3. The van der Waals surface area contributed by atoms with Gasteiger partial charge in [0.15, 0.2) is 0 Å². The van der Waals surface area contributed by atoms with E-state index in [1.165, 1.54) is 5.56 Å². The summed E-state index contributed by atoms with van der Waals surface area (Å²) in [5.41, 5.74) is 3.52. The molecule has 0 saturated carbocycles. The van der Waals surface area contributed by atoms with Crippen molar-refractivity contribution in [3.8, 4) is 0 Å². The number of fused-ring (bicyclic) bond motifs is 1. The second-order valence-corrected chi connectivity index (χ2v) is 5.89. The molecule has 0 radical (unpaired) electrons. The van der Waals surface area contributed by atoms with Crippen molar-refractivity contribution in [1.82, 2.24) is 5.32 Å². The largest absolute Gasteiger partial charge is 0.374 e. The van der Waals surface area contributed by atoms with E-state index >= 15 is 0 Å². The Morgan fingerprint density at radius 3 is 2.71 bits per heavy atom. The first-order valence-corrected chi connectivity index (χ1v) is 8.08. The summed E-state index contributed by atoms with van der Waals surface area (Å²) < 4.78 is 0. The topological polar surface area (TPSA) is 61.4 Å². The van der Waals surface area contributed by atoms with Crippen LogP contribution in [0.25, 0.3) is 0 Å². The Kier molecular flexibility index (Phi) is 4.51. The minimum atomic E-state index is -0.379. The van der Waals surface area contributed by atoms with Crippen molar-refractivity contribution in [2.24, 2.45) is 0 Å². The number of nitrogens with one attached hydrogen (secondary N) is 2. The highest BCUT2D eigenvalue weighted by atomic mass is 16.2. The molecule has 0 aromatic heterocycles. The van der Waals surface area contributed by atoms with E-state index in [2.05, 4.69) is 16.7 Å². The van der Waals surface area contributed by atoms with Crippen molar-refractivity contribution in [2.75, 3.05) is 23.8 Å². The molecule has 0 aliphatic carbocycles. The van der Waals surface area contributed by atoms with Crippen LogP contribution in [0.15, 0.2) is 48.5 Å². The van der Waals surface area contributed by atoms with Crippen LogP contribution in [-0.2, 0) is 11.2 Å². The molecular weight excluding hydrogens is 302 g/mol. The zero-order chi connectivity index (χ0) is 17.1. The molecule has 0 fully saturated rings. The lowest BCUT2D eigenvalue weighted by molar-refractivity contribution is -0.118. The minimum Gasteiger partial charge on any atom is -0.374 e. The molecule has 124 valence electrons. The number of anilines is 2. The lowest BCUT2D eigenvalue weighted by Crippen LogP contribution is -2.40. The van der Waals surface area contributed by atoms with Gasteiger partial charge in [0, 0.05) is 30.5 Å². The van der Waals surface area contributed by atoms with Gasteiger partial charge in [0.2, 0.25) is 5.91 Å². The van der Waals surface area contributed by atoms with Crippen LogP contribution in [0, 0.1) is 0 Å². The summed E-state index contributed by atoms with van der Waals surface area (Å²) in [4.78, 5) is 26.3. The third kappa shape index (κ3) is 3.11. The van der Waals surface area contributed by atoms with Crippen molar-refractivity contribution in [3.63, 3.8) is 0 Å². The molecule has 0 saturated heterocycles. The minimum absolute atomic E-state index is 0.0327. The first-order chi connectivity index (χ1) is 11.6. The zero-order valence-electron chi connectivity index (χ0n) is 13.9. The molecule has 1 aliphatic rings. The average molecular weight is 323 g/mol. The SMILES string of the molecule is CNC(=O)c1cccc(N[C@H](C)C(=O)N2CCc3ccccc32)c1. The van der Waals surface area contributed by atoms with Gasteiger partial charge in [0.1, 0.15) is 6.04 Å². The first-order valence-electron chi connectivity index (χ1n) is 8.08. The highest BCUT2D eigenvalue weighted by Crippen LogP contribution is 2.28. The first kappa shape index (κ1) is 16.1. The Hall–Kier alpha value is -2.82. The number of carbonyl (C=O) groups is 2. The van der Waals surface area contributed by atoms with E-state index < -0.39 is 0 Å². The van der Waals surface area contributed by atoms with Gasteiger partial charge in [-0.1, -0.05) is 24.3 Å². The number of para-hydroxylation sites is 1. The van der Waals surface area contributed by atoms with Crippen LogP contribution in [0.5, 0.6) is 0 Å². The molecule has 5 heteroatoms. The van der Waals surface area contributed by atoms with Crippen LogP contribution in [0.1, 0.15) is 22.8 Å². The van der Waals surface area contributed by atoms with Crippen molar-refractivity contribution >= 4 is 23.2 Å². The molecule has 2 aromatic rings. The number of amides is 2. The lowest BCUT2D eigenvalue weighted by atomic mass is 10.1. The molecule has 0 spiro atoms. The summed E-state index contributed by atoms with van der Waals surface area (Å²) in [5.74, 6) is -0.114. The highest BCUT2D eigenvalue weighted by Gasteiger charge is 2.27. The maximum absolute atomic E-state index is 12.8. The number of rotatable bonds is 4. The molecule has 1 atom stereocenters. The van der Waals surface area contributed by atoms with Crippen molar-refractivity contribution < 1.29 is 9.59 Å². The van der Waals surface area contributed by atoms with Crippen LogP contribution in [0.4, 0.5) is 11.4 Å². The number of benzene rings is 2. The Bertz CT molecular complexity index is 773. The third-order valence-corrected chi connectivity index (χ3v) is 4.26. The van der Waals surface area contributed by atoms with Gasteiger partial charge < -0.3 is 15.5 Å². The van der Waals surface area contributed by atoms with E-state index in [0.717, 1.165) is 17.8 Å². The number of nitrogens with zero attached hydrogens (tertiary/aromatic N) is 1. The van der Waals surface area contributed by atoms with E-state index in [1.807, 2.05) is 36.1 Å². The molecule has 24 heavy (non-hydrogen) atoms. The molecule has 1 heterocycles. The van der Waals surface area contributed by atoms with Crippen molar-refractivity contribution in [2.45, 2.75) is 19.4 Å². The third-order valence-electron chi connectivity index (χ3n) is 4.26. The normalized spacial score (nSPS) is 14.0. The molecule has 5 nitrogen and oxygen atoms in total. The van der Waals surface area contributed by atoms with Gasteiger partial charge in [-0.05, 0) is 43.2 Å². The molecule has 1 aliphatic heterocycles. The number of hydrogen-bond donors (Lipinski definition) is 2. The van der Waals surface area contributed by atoms with Crippen LogP contribution in [0.2, 0.25) is 0 Å². The van der Waals surface area contributed by atoms with Crippen LogP contribution >= 0.6 is 0 Å². The monoisotopic (exact) mass is 323 g/mol. The standard InChI is InChI=1S/C19H21N3O2/c1-13(21-16-8-5-7-15(12-16)18(23)20-2)19(24)22-11-10-14-6-3-4-9-17(14)22/h3-9,12-13,21H,10-11H2,1-2H3,(H,20,23)/t13-/m1/s1. The van der Waals surface area contributed by atoms with Crippen molar-refractivity contribution in [1.29, 1.82) is 0 Å². The molecule has 3 rings (SSSR count). The quantitative estimate of drug-likeness (QED) is 0.908. The van der Waals surface area contributed by atoms with Gasteiger partial charge in [0.05, 0.1) is 0 Å². The van der Waals surface area contributed by atoms with E-state index in [9.17, 15) is 9.59 Å². The molecule has 0 bridgehead atoms. The van der Waals surface area contributed by atoms with Crippen LogP contribution in [0.3, 0.4) is 0 Å². The molecule has 2 aromatic carbocycles. The fourth-order valence-corrected chi connectivity index (χ4v) is 3.01. The van der Waals surface area contributed by atoms with Gasteiger partial charge >= 0.3 is 0 Å². The molecular formula is C19H21N3O2. The second-order valence-electron chi connectivity index (χ2n) is 5.89. The molecule has 2 N–H and O–H groups in total. The smallest absolute Gasteiger partial charge is 0.251 e. The Morgan fingerprint density at radius 2 is 1.92 bits per heavy atom. The Morgan fingerprint density at radius 1 is 1.12 bits per heavy atom. The Labute approximate surface area is 141 Å². The summed E-state index contributed by atoms with van der Waals surface area (Å²) >= 11 is 0. The van der Waals surface area contributed by atoms with Gasteiger partial charge in [-0.25, -0.2) is 0 Å². The van der Waals surface area contributed by atoms with Gasteiger partial charge in [-0.15, -0.1) is 0 Å². The van der Waals surface area contributed by atoms with Crippen LogP contribution in [-0.4, -0.2) is 31.4 Å². The number of carbonyl (C=O) groups excluding carboxylic acids is 2. The Balaban J connectivity index is 1.73. The van der Waals surface area contributed by atoms with E-state index in [0.29, 0.717) is 12.1 Å². The summed E-state index contributed by atoms with van der Waals surface area (Å²) in [6.45, 7) is 2.55. The van der Waals surface area contributed by atoms with Crippen molar-refractivity contribution in [3.05, 3.63) is 59.7 Å². The molecule has 0 unspecified atom stereocenters. The predicted octanol–water partition coefficient (Wildman–Crippen LogP) is 2.44. The van der Waals surface area contributed by atoms with E-state index in [-0.39, 0.29) is 17.9 Å². The highest BCUT2D eigenvalue weighted by molar-refractivity contribution is 6.00. The summed E-state index contributed by atoms with van der Waals surface area (Å²) in [6.07, 6.45) is 0.890. The van der Waals surface area contributed by atoms with Gasteiger partial charge in [0.25, 0.3) is 5.91 Å². The van der Waals surface area contributed by atoms with E-state index in [1.54, 1.807) is 25.2 Å². The van der Waals surface area contributed by atoms with Crippen LogP contribution < -0.4 is 15.5 Å². The predicted molar refractivity (Wildman–Crippen MR) is 95.4 cm³/mol. The second kappa shape index (κ2) is 6.74. The lowest BCUT2D eigenvalue weighted by Gasteiger charge is -2.23. The van der Waals surface area contributed by atoms with E-state index in [4.69, 9.17) is 0 Å². The maximum atomic E-state index is 12.8. The average Bonchev–Trinajstić information content (AvgIpc) is 3.04.